The van der Waals surface area contributed by atoms with Gasteiger partial charge in [-0.25, -0.2) is 18.4 Å². The molecule has 0 amide bonds. The third kappa shape index (κ3) is 4.24. The summed E-state index contributed by atoms with van der Waals surface area (Å²) in [6.45, 7) is 6.03. The van der Waals surface area contributed by atoms with E-state index in [0.717, 1.165) is 18.7 Å². The predicted molar refractivity (Wildman–Crippen MR) is 74.6 cm³/mol. The standard InChI is InChI=1S/C13H21N3O2S/c1-10(2)5-14-6-11-7-15-13(16-8-11)12-3-4-19(17,18)9-12/h7-8,10,12,14H,3-6,9H2,1-2H3. The average molecular weight is 283 g/mol. The molecule has 0 spiro atoms. The summed E-state index contributed by atoms with van der Waals surface area (Å²) in [6, 6.07) is 0. The van der Waals surface area contributed by atoms with Crippen LogP contribution in [0.3, 0.4) is 0 Å². The molecule has 5 nitrogen and oxygen atoms in total. The van der Waals surface area contributed by atoms with E-state index >= 15 is 0 Å². The molecule has 19 heavy (non-hydrogen) atoms. The van der Waals surface area contributed by atoms with E-state index in [1.807, 2.05) is 0 Å². The average Bonchev–Trinajstić information content (AvgIpc) is 2.70. The smallest absolute Gasteiger partial charge is 0.151 e. The summed E-state index contributed by atoms with van der Waals surface area (Å²) in [5, 5.41) is 3.33. The van der Waals surface area contributed by atoms with Crippen LogP contribution in [0.2, 0.25) is 0 Å². The number of nitrogens with zero attached hydrogens (tertiary/aromatic N) is 2. The fourth-order valence-corrected chi connectivity index (χ4v) is 3.91. The van der Waals surface area contributed by atoms with Crippen molar-refractivity contribution in [2.45, 2.75) is 32.7 Å². The zero-order valence-corrected chi connectivity index (χ0v) is 12.3. The molecule has 1 saturated heterocycles. The quantitative estimate of drug-likeness (QED) is 0.877. The van der Waals surface area contributed by atoms with Crippen molar-refractivity contribution in [3.8, 4) is 0 Å². The molecule has 6 heteroatoms. The monoisotopic (exact) mass is 283 g/mol. The van der Waals surface area contributed by atoms with Gasteiger partial charge in [0, 0.05) is 30.4 Å². The normalized spacial score (nSPS) is 21.9. The maximum absolute atomic E-state index is 11.4. The van der Waals surface area contributed by atoms with Gasteiger partial charge in [0.05, 0.1) is 11.5 Å². The first kappa shape index (κ1) is 14.4. The molecule has 1 aromatic heterocycles. The van der Waals surface area contributed by atoms with E-state index in [4.69, 9.17) is 0 Å². The molecule has 1 fully saturated rings. The molecule has 1 aliphatic heterocycles. The van der Waals surface area contributed by atoms with E-state index < -0.39 is 9.84 Å². The van der Waals surface area contributed by atoms with E-state index in [1.54, 1.807) is 12.4 Å². The molecule has 0 radical (unpaired) electrons. The largest absolute Gasteiger partial charge is 0.312 e. The summed E-state index contributed by atoms with van der Waals surface area (Å²) < 4.78 is 22.8. The van der Waals surface area contributed by atoms with Gasteiger partial charge in [-0.3, -0.25) is 0 Å². The molecule has 2 rings (SSSR count). The summed E-state index contributed by atoms with van der Waals surface area (Å²) in [7, 11) is -2.87. The Hall–Kier alpha value is -1.01. The number of rotatable bonds is 5. The van der Waals surface area contributed by atoms with Crippen molar-refractivity contribution in [2.24, 2.45) is 5.92 Å². The minimum Gasteiger partial charge on any atom is -0.312 e. The molecule has 1 atom stereocenters. The lowest BCUT2D eigenvalue weighted by Gasteiger charge is -2.09. The fraction of sp³-hybridized carbons (Fsp3) is 0.692. The van der Waals surface area contributed by atoms with Gasteiger partial charge in [-0.05, 0) is 18.9 Å². The Bertz CT molecular complexity index is 511. The Morgan fingerprint density at radius 1 is 1.37 bits per heavy atom. The van der Waals surface area contributed by atoms with Gasteiger partial charge in [-0.1, -0.05) is 13.8 Å². The Kier molecular flexibility index (Phi) is 4.52. The Morgan fingerprint density at radius 2 is 2.05 bits per heavy atom. The second-order valence-electron chi connectivity index (χ2n) is 5.57. The van der Waals surface area contributed by atoms with E-state index in [9.17, 15) is 8.42 Å². The van der Waals surface area contributed by atoms with E-state index in [-0.39, 0.29) is 17.4 Å². The predicted octanol–water partition coefficient (Wildman–Crippen LogP) is 1.12. The zero-order chi connectivity index (χ0) is 13.9. The maximum atomic E-state index is 11.4. The number of hydrogen-bond acceptors (Lipinski definition) is 5. The van der Waals surface area contributed by atoms with Crippen LogP contribution in [0.5, 0.6) is 0 Å². The van der Waals surface area contributed by atoms with Gasteiger partial charge in [-0.2, -0.15) is 0 Å². The first-order chi connectivity index (χ1) is 8.96. The van der Waals surface area contributed by atoms with Crippen LogP contribution < -0.4 is 5.32 Å². The number of sulfone groups is 1. The van der Waals surface area contributed by atoms with E-state index in [1.165, 1.54) is 0 Å². The highest BCUT2D eigenvalue weighted by atomic mass is 32.2. The van der Waals surface area contributed by atoms with Crippen LogP contribution in [-0.4, -0.2) is 36.4 Å². The van der Waals surface area contributed by atoms with E-state index in [0.29, 0.717) is 18.2 Å². The van der Waals surface area contributed by atoms with Gasteiger partial charge in [0.25, 0.3) is 0 Å². The lowest BCUT2D eigenvalue weighted by Crippen LogP contribution is -2.19. The van der Waals surface area contributed by atoms with E-state index in [2.05, 4.69) is 29.1 Å². The van der Waals surface area contributed by atoms with Crippen LogP contribution in [0, 0.1) is 5.92 Å². The summed E-state index contributed by atoms with van der Waals surface area (Å²) in [6.07, 6.45) is 4.23. The van der Waals surface area contributed by atoms with Gasteiger partial charge < -0.3 is 5.32 Å². The third-order valence-corrected chi connectivity index (χ3v) is 4.97. The number of aromatic nitrogens is 2. The fourth-order valence-electron chi connectivity index (χ4n) is 2.17. The highest BCUT2D eigenvalue weighted by molar-refractivity contribution is 7.91. The highest BCUT2D eigenvalue weighted by Gasteiger charge is 2.30. The summed E-state index contributed by atoms with van der Waals surface area (Å²) in [5.74, 6) is 1.71. The van der Waals surface area contributed by atoms with Gasteiger partial charge in [0.1, 0.15) is 5.82 Å². The molecule has 0 saturated carbocycles. The lowest BCUT2D eigenvalue weighted by atomic mass is 10.1. The molecular formula is C13H21N3O2S. The number of nitrogens with one attached hydrogen (secondary N) is 1. The molecule has 1 N–H and O–H groups in total. The Morgan fingerprint density at radius 3 is 2.58 bits per heavy atom. The minimum absolute atomic E-state index is 0.0253. The summed E-state index contributed by atoms with van der Waals surface area (Å²) >= 11 is 0. The molecule has 2 heterocycles. The van der Waals surface area contributed by atoms with Crippen molar-refractivity contribution < 1.29 is 8.42 Å². The second-order valence-corrected chi connectivity index (χ2v) is 7.80. The third-order valence-electron chi connectivity index (χ3n) is 3.20. The summed E-state index contributed by atoms with van der Waals surface area (Å²) in [5.41, 5.74) is 1.03. The van der Waals surface area contributed by atoms with Crippen LogP contribution in [0.25, 0.3) is 0 Å². The Labute approximate surface area is 114 Å². The van der Waals surface area contributed by atoms with Gasteiger partial charge in [0.2, 0.25) is 0 Å². The van der Waals surface area contributed by atoms with Crippen LogP contribution in [-0.2, 0) is 16.4 Å². The van der Waals surface area contributed by atoms with Gasteiger partial charge in [-0.15, -0.1) is 0 Å². The summed E-state index contributed by atoms with van der Waals surface area (Å²) in [4.78, 5) is 8.62. The molecule has 0 aromatic carbocycles. The first-order valence-electron chi connectivity index (χ1n) is 6.68. The van der Waals surface area contributed by atoms with Crippen LogP contribution in [0.1, 0.15) is 37.6 Å². The number of hydrogen-bond donors (Lipinski definition) is 1. The second kappa shape index (κ2) is 5.96. The minimum atomic E-state index is -2.87. The van der Waals surface area contributed by atoms with Crippen molar-refractivity contribution >= 4 is 9.84 Å². The molecule has 0 bridgehead atoms. The lowest BCUT2D eigenvalue weighted by molar-refractivity contribution is 0.550. The molecule has 1 aliphatic rings. The van der Waals surface area contributed by atoms with Crippen molar-refractivity contribution in [2.75, 3.05) is 18.1 Å². The molecule has 0 aliphatic carbocycles. The zero-order valence-electron chi connectivity index (χ0n) is 11.5. The Balaban J connectivity index is 1.92. The van der Waals surface area contributed by atoms with Crippen LogP contribution >= 0.6 is 0 Å². The molecule has 1 unspecified atom stereocenters. The highest BCUT2D eigenvalue weighted by Crippen LogP contribution is 2.25. The van der Waals surface area contributed by atoms with Crippen molar-refractivity contribution in [3.63, 3.8) is 0 Å². The topological polar surface area (TPSA) is 72.0 Å². The maximum Gasteiger partial charge on any atom is 0.151 e. The van der Waals surface area contributed by atoms with Crippen molar-refractivity contribution in [1.82, 2.24) is 15.3 Å². The SMILES string of the molecule is CC(C)CNCc1cnc(C2CCS(=O)(=O)C2)nc1. The molecular weight excluding hydrogens is 262 g/mol. The first-order valence-corrected chi connectivity index (χ1v) is 8.50. The van der Waals surface area contributed by atoms with Crippen molar-refractivity contribution in [1.29, 1.82) is 0 Å². The van der Waals surface area contributed by atoms with Gasteiger partial charge >= 0.3 is 0 Å². The molecule has 1 aromatic rings. The van der Waals surface area contributed by atoms with Gasteiger partial charge in [0.15, 0.2) is 9.84 Å². The molecule has 106 valence electrons. The van der Waals surface area contributed by atoms with Crippen LogP contribution in [0.4, 0.5) is 0 Å². The van der Waals surface area contributed by atoms with Crippen molar-refractivity contribution in [3.05, 3.63) is 23.8 Å². The van der Waals surface area contributed by atoms with Crippen LogP contribution in [0.15, 0.2) is 12.4 Å².